The second-order valence-corrected chi connectivity index (χ2v) is 8.09. The molecule has 2 heteroatoms. The minimum Gasteiger partial charge on any atom is -0.334 e. The highest BCUT2D eigenvalue weighted by atomic mass is 16.2. The predicted molar refractivity (Wildman–Crippen MR) is 118 cm³/mol. The van der Waals surface area contributed by atoms with Gasteiger partial charge in [-0.2, -0.15) is 0 Å². The third kappa shape index (κ3) is 4.62. The van der Waals surface area contributed by atoms with Crippen LogP contribution in [0.4, 0.5) is 0 Å². The van der Waals surface area contributed by atoms with E-state index in [9.17, 15) is 4.79 Å². The minimum atomic E-state index is 0.0930. The summed E-state index contributed by atoms with van der Waals surface area (Å²) in [5.74, 6) is 0.0930. The summed E-state index contributed by atoms with van der Waals surface area (Å²) < 4.78 is 0. The van der Waals surface area contributed by atoms with Crippen molar-refractivity contribution in [1.29, 1.82) is 0 Å². The number of benzene rings is 2. The summed E-state index contributed by atoms with van der Waals surface area (Å²) in [5.41, 5.74) is 6.66. The molecule has 2 aromatic carbocycles. The lowest BCUT2D eigenvalue weighted by atomic mass is 9.82. The van der Waals surface area contributed by atoms with Crippen LogP contribution in [0.5, 0.6) is 0 Å². The van der Waals surface area contributed by atoms with Gasteiger partial charge in [-0.25, -0.2) is 0 Å². The number of carbonyl (C=O) groups excluding carboxylic acids is 1. The maximum absolute atomic E-state index is 12.8. The Morgan fingerprint density at radius 2 is 1.57 bits per heavy atom. The van der Waals surface area contributed by atoms with Gasteiger partial charge in [0, 0.05) is 18.2 Å². The lowest BCUT2D eigenvalue weighted by molar-refractivity contribution is -0.129. The third-order valence-corrected chi connectivity index (χ3v) is 5.41. The van der Waals surface area contributed by atoms with E-state index in [1.807, 2.05) is 4.90 Å². The second-order valence-electron chi connectivity index (χ2n) is 8.09. The number of hydrogen-bond donors (Lipinski definition) is 0. The van der Waals surface area contributed by atoms with Gasteiger partial charge in [0.05, 0.1) is 0 Å². The molecule has 28 heavy (non-hydrogen) atoms. The van der Waals surface area contributed by atoms with Crippen LogP contribution in [0.25, 0.3) is 5.57 Å². The summed E-state index contributed by atoms with van der Waals surface area (Å²) in [7, 11) is 0. The van der Waals surface area contributed by atoms with E-state index in [4.69, 9.17) is 0 Å². The molecule has 3 rings (SSSR count). The fourth-order valence-electron chi connectivity index (χ4n) is 4.18. The zero-order valence-electron chi connectivity index (χ0n) is 17.5. The first-order chi connectivity index (χ1) is 13.5. The van der Waals surface area contributed by atoms with E-state index in [1.165, 1.54) is 27.8 Å². The van der Waals surface area contributed by atoms with E-state index >= 15 is 0 Å². The third-order valence-electron chi connectivity index (χ3n) is 5.41. The van der Waals surface area contributed by atoms with Crippen LogP contribution in [0.2, 0.25) is 0 Å². The second kappa shape index (κ2) is 9.05. The van der Waals surface area contributed by atoms with E-state index in [2.05, 4.69) is 88.4 Å². The minimum absolute atomic E-state index is 0.0930. The first kappa shape index (κ1) is 20.1. The van der Waals surface area contributed by atoms with Gasteiger partial charge >= 0.3 is 0 Å². The van der Waals surface area contributed by atoms with Crippen molar-refractivity contribution < 1.29 is 4.79 Å². The Hall–Kier alpha value is -2.61. The van der Waals surface area contributed by atoms with Gasteiger partial charge in [0.15, 0.2) is 0 Å². The summed E-state index contributed by atoms with van der Waals surface area (Å²) in [4.78, 5) is 14.7. The Kier molecular flexibility index (Phi) is 6.51. The number of amides is 1. The summed E-state index contributed by atoms with van der Waals surface area (Å²) >= 11 is 0. The van der Waals surface area contributed by atoms with Crippen molar-refractivity contribution in [1.82, 2.24) is 4.90 Å². The molecule has 2 nitrogen and oxygen atoms in total. The molecule has 0 heterocycles. The van der Waals surface area contributed by atoms with Crippen molar-refractivity contribution >= 4 is 11.5 Å². The molecule has 0 radical (unpaired) electrons. The zero-order chi connectivity index (χ0) is 20.1. The molecule has 1 aliphatic rings. The first-order valence-corrected chi connectivity index (χ1v) is 10.3. The smallest absolute Gasteiger partial charge is 0.247 e. The molecule has 146 valence electrons. The van der Waals surface area contributed by atoms with Gasteiger partial charge in [-0.1, -0.05) is 60.7 Å². The van der Waals surface area contributed by atoms with Crippen LogP contribution in [0.15, 0.2) is 72.3 Å². The van der Waals surface area contributed by atoms with E-state index in [-0.39, 0.29) is 18.0 Å². The molecule has 0 saturated carbocycles. The Morgan fingerprint density at radius 1 is 0.929 bits per heavy atom. The highest BCUT2D eigenvalue weighted by Crippen LogP contribution is 2.34. The number of hydrogen-bond acceptors (Lipinski definition) is 1. The number of fused-ring (bicyclic) bond motifs is 1. The van der Waals surface area contributed by atoms with Crippen LogP contribution in [0.1, 0.15) is 50.8 Å². The van der Waals surface area contributed by atoms with E-state index in [0.29, 0.717) is 0 Å². The fraction of sp³-hybridized carbons (Fsp3) is 0.346. The Morgan fingerprint density at radius 3 is 2.25 bits per heavy atom. The van der Waals surface area contributed by atoms with Crippen molar-refractivity contribution in [2.24, 2.45) is 0 Å². The largest absolute Gasteiger partial charge is 0.334 e. The summed E-state index contributed by atoms with van der Waals surface area (Å²) in [5, 5.41) is 0. The molecule has 0 saturated heterocycles. The van der Waals surface area contributed by atoms with Crippen LogP contribution >= 0.6 is 0 Å². The molecular formula is C26H31NO. The topological polar surface area (TPSA) is 20.3 Å². The van der Waals surface area contributed by atoms with Crippen molar-refractivity contribution in [3.05, 3.63) is 89.0 Å². The Labute approximate surface area is 169 Å². The number of aryl methyl sites for hydroxylation is 1. The van der Waals surface area contributed by atoms with Gasteiger partial charge in [0.1, 0.15) is 0 Å². The normalized spacial score (nSPS) is 14.1. The molecule has 0 N–H and O–H groups in total. The summed E-state index contributed by atoms with van der Waals surface area (Å²) in [6, 6.07) is 19.7. The van der Waals surface area contributed by atoms with E-state index in [0.717, 1.165) is 19.3 Å². The Bertz CT molecular complexity index is 866. The van der Waals surface area contributed by atoms with Crippen LogP contribution in [-0.4, -0.2) is 22.9 Å². The van der Waals surface area contributed by atoms with Crippen LogP contribution in [-0.2, 0) is 17.6 Å². The summed E-state index contributed by atoms with van der Waals surface area (Å²) in [6.07, 6.45) is 6.74. The molecule has 2 aromatic rings. The van der Waals surface area contributed by atoms with Gasteiger partial charge in [0.25, 0.3) is 0 Å². The number of nitrogens with zero attached hydrogens (tertiary/aromatic N) is 1. The number of rotatable bonds is 6. The standard InChI is InChI=1S/C26H31NO/c1-19(2)27(20(3)4)26(28)17-16-23-15-14-22-12-8-9-13-24(22)25(23)18-21-10-6-5-7-11-21/h5-13,16-17,19-20H,14-15,18H2,1-4H3/b17-16+. The molecule has 0 bridgehead atoms. The van der Waals surface area contributed by atoms with Crippen LogP contribution in [0.3, 0.4) is 0 Å². The zero-order valence-corrected chi connectivity index (χ0v) is 17.5. The average Bonchev–Trinajstić information content (AvgIpc) is 2.67. The summed E-state index contributed by atoms with van der Waals surface area (Å²) in [6.45, 7) is 8.29. The first-order valence-electron chi connectivity index (χ1n) is 10.3. The highest BCUT2D eigenvalue weighted by molar-refractivity contribution is 5.89. The molecule has 1 amide bonds. The lowest BCUT2D eigenvalue weighted by Crippen LogP contribution is -2.41. The molecule has 0 aliphatic heterocycles. The van der Waals surface area contributed by atoms with Gasteiger partial charge < -0.3 is 4.90 Å². The predicted octanol–water partition coefficient (Wildman–Crippen LogP) is 5.83. The molecule has 0 unspecified atom stereocenters. The van der Waals surface area contributed by atoms with Crippen LogP contribution < -0.4 is 0 Å². The average molecular weight is 374 g/mol. The number of allylic oxidation sites excluding steroid dienone is 3. The SMILES string of the molecule is CC(C)N(C(=O)/C=C/C1=C(Cc2ccccc2)c2ccccc2CC1)C(C)C. The van der Waals surface area contributed by atoms with Gasteiger partial charge in [0.2, 0.25) is 5.91 Å². The monoisotopic (exact) mass is 373 g/mol. The molecule has 0 fully saturated rings. The van der Waals surface area contributed by atoms with Gasteiger partial charge in [-0.3, -0.25) is 4.79 Å². The van der Waals surface area contributed by atoms with Crippen molar-refractivity contribution in [2.75, 3.05) is 0 Å². The van der Waals surface area contributed by atoms with Crippen molar-refractivity contribution in [2.45, 2.75) is 59.0 Å². The van der Waals surface area contributed by atoms with E-state index in [1.54, 1.807) is 6.08 Å². The quantitative estimate of drug-likeness (QED) is 0.583. The van der Waals surface area contributed by atoms with Crippen LogP contribution in [0, 0.1) is 0 Å². The molecule has 0 atom stereocenters. The molecule has 0 aromatic heterocycles. The molecule has 0 spiro atoms. The lowest BCUT2D eigenvalue weighted by Gasteiger charge is -2.29. The van der Waals surface area contributed by atoms with Crippen molar-refractivity contribution in [3.63, 3.8) is 0 Å². The van der Waals surface area contributed by atoms with E-state index < -0.39 is 0 Å². The van der Waals surface area contributed by atoms with Gasteiger partial charge in [-0.15, -0.1) is 0 Å². The van der Waals surface area contributed by atoms with Crippen molar-refractivity contribution in [3.8, 4) is 0 Å². The fourth-order valence-corrected chi connectivity index (χ4v) is 4.18. The number of carbonyl (C=O) groups is 1. The Balaban J connectivity index is 1.96. The molecule has 1 aliphatic carbocycles. The van der Waals surface area contributed by atoms with Gasteiger partial charge in [-0.05, 0) is 74.8 Å². The highest BCUT2D eigenvalue weighted by Gasteiger charge is 2.20. The maximum Gasteiger partial charge on any atom is 0.247 e. The maximum atomic E-state index is 12.8. The molecular weight excluding hydrogens is 342 g/mol.